The van der Waals surface area contributed by atoms with Crippen molar-refractivity contribution in [1.29, 1.82) is 0 Å². The first-order chi connectivity index (χ1) is 11.3. The number of carbonyl (C=O) groups excluding carboxylic acids is 2. The van der Waals surface area contributed by atoms with E-state index in [0.29, 0.717) is 13.1 Å². The third kappa shape index (κ3) is 4.92. The van der Waals surface area contributed by atoms with E-state index in [1.807, 2.05) is 13.8 Å². The summed E-state index contributed by atoms with van der Waals surface area (Å²) in [6.07, 6.45) is 2.14. The Morgan fingerprint density at radius 1 is 1.38 bits per heavy atom. The van der Waals surface area contributed by atoms with Gasteiger partial charge in [0.2, 0.25) is 0 Å². The van der Waals surface area contributed by atoms with Crippen molar-refractivity contribution in [3.63, 3.8) is 0 Å². The van der Waals surface area contributed by atoms with Gasteiger partial charge in [-0.25, -0.2) is 4.79 Å². The molecule has 2 atom stereocenters. The van der Waals surface area contributed by atoms with E-state index < -0.39 is 16.8 Å². The Hall–Kier alpha value is -2.68. The summed E-state index contributed by atoms with van der Waals surface area (Å²) in [5.41, 5.74) is 0. The van der Waals surface area contributed by atoms with Crippen LogP contribution in [0.3, 0.4) is 0 Å². The van der Waals surface area contributed by atoms with Crippen LogP contribution >= 0.6 is 0 Å². The molecule has 1 aromatic rings. The Morgan fingerprint density at radius 2 is 2.04 bits per heavy atom. The van der Waals surface area contributed by atoms with E-state index in [2.05, 4.69) is 0 Å². The normalized spacial score (nSPS) is 21.0. The van der Waals surface area contributed by atoms with Crippen LogP contribution in [-0.2, 0) is 19.1 Å². The van der Waals surface area contributed by atoms with E-state index in [-0.39, 0.29) is 30.5 Å². The second kappa shape index (κ2) is 7.73. The van der Waals surface area contributed by atoms with Crippen LogP contribution in [0.25, 0.3) is 6.08 Å². The first-order valence-corrected chi connectivity index (χ1v) is 7.37. The summed E-state index contributed by atoms with van der Waals surface area (Å²) in [5, 5.41) is 10.5. The van der Waals surface area contributed by atoms with Crippen molar-refractivity contribution in [2.24, 2.45) is 0 Å². The number of hydrogen-bond acceptors (Lipinski definition) is 7. The Labute approximate surface area is 138 Å². The molecule has 0 spiro atoms. The highest BCUT2D eigenvalue weighted by atomic mass is 16.6. The molecule has 1 aromatic heterocycles. The summed E-state index contributed by atoms with van der Waals surface area (Å²) in [6.45, 7) is 4.26. The standard InChI is InChI=1S/C15H18N2O7/c1-10-7-16(8-11(2)23-10)13(18)9-22-15(19)6-4-12-3-5-14(24-12)17(20)21/h3-6,10-11H,7-9H2,1-2H3/b6-4+/t10-,11+. The molecular weight excluding hydrogens is 320 g/mol. The molecule has 0 aromatic carbocycles. The number of furan rings is 1. The molecule has 1 aliphatic rings. The van der Waals surface area contributed by atoms with Crippen LogP contribution in [0.15, 0.2) is 22.6 Å². The van der Waals surface area contributed by atoms with Crippen molar-refractivity contribution in [2.45, 2.75) is 26.1 Å². The molecule has 9 heteroatoms. The summed E-state index contributed by atoms with van der Waals surface area (Å²) >= 11 is 0. The topological polar surface area (TPSA) is 112 Å². The van der Waals surface area contributed by atoms with Crippen LogP contribution in [0.2, 0.25) is 0 Å². The smallest absolute Gasteiger partial charge is 0.433 e. The van der Waals surface area contributed by atoms with Crippen molar-refractivity contribution in [1.82, 2.24) is 4.90 Å². The molecule has 1 saturated heterocycles. The van der Waals surface area contributed by atoms with Crippen LogP contribution in [0, 0.1) is 10.1 Å². The second-order valence-electron chi connectivity index (χ2n) is 5.43. The zero-order valence-electron chi connectivity index (χ0n) is 13.3. The number of nitrogens with zero attached hydrogens (tertiary/aromatic N) is 2. The molecule has 2 heterocycles. The lowest BCUT2D eigenvalue weighted by Gasteiger charge is -2.35. The molecule has 130 valence electrons. The van der Waals surface area contributed by atoms with Gasteiger partial charge >= 0.3 is 11.9 Å². The van der Waals surface area contributed by atoms with Gasteiger partial charge in [0.1, 0.15) is 10.7 Å². The first kappa shape index (κ1) is 17.7. The Balaban J connectivity index is 1.80. The molecule has 0 saturated carbocycles. The predicted molar refractivity (Wildman–Crippen MR) is 81.9 cm³/mol. The van der Waals surface area contributed by atoms with Crippen molar-refractivity contribution < 1.29 is 28.4 Å². The van der Waals surface area contributed by atoms with Crippen LogP contribution < -0.4 is 0 Å². The number of amides is 1. The van der Waals surface area contributed by atoms with Crippen LogP contribution in [0.4, 0.5) is 5.88 Å². The van der Waals surface area contributed by atoms with Gasteiger partial charge < -0.3 is 18.8 Å². The number of rotatable bonds is 5. The SMILES string of the molecule is C[C@@H]1CN(C(=O)COC(=O)/C=C/c2ccc([N+](=O)[O-])o2)C[C@H](C)O1. The summed E-state index contributed by atoms with van der Waals surface area (Å²) in [5.74, 6) is -1.32. The minimum atomic E-state index is -0.739. The molecule has 24 heavy (non-hydrogen) atoms. The molecule has 2 rings (SSSR count). The molecule has 0 aliphatic carbocycles. The first-order valence-electron chi connectivity index (χ1n) is 7.37. The van der Waals surface area contributed by atoms with E-state index in [4.69, 9.17) is 13.9 Å². The van der Waals surface area contributed by atoms with Crippen LogP contribution in [-0.4, -0.2) is 53.6 Å². The summed E-state index contributed by atoms with van der Waals surface area (Å²) in [7, 11) is 0. The highest BCUT2D eigenvalue weighted by Gasteiger charge is 2.26. The third-order valence-corrected chi connectivity index (χ3v) is 3.29. The fourth-order valence-corrected chi connectivity index (χ4v) is 2.33. The molecule has 9 nitrogen and oxygen atoms in total. The van der Waals surface area contributed by atoms with E-state index in [1.165, 1.54) is 18.2 Å². The van der Waals surface area contributed by atoms with Gasteiger partial charge in [0.05, 0.1) is 18.3 Å². The second-order valence-corrected chi connectivity index (χ2v) is 5.43. The average molecular weight is 338 g/mol. The van der Waals surface area contributed by atoms with Gasteiger partial charge in [0, 0.05) is 19.2 Å². The van der Waals surface area contributed by atoms with Gasteiger partial charge in [-0.2, -0.15) is 0 Å². The van der Waals surface area contributed by atoms with Crippen molar-refractivity contribution >= 4 is 23.8 Å². The Bertz CT molecular complexity index is 642. The molecule has 0 radical (unpaired) electrons. The Kier molecular flexibility index (Phi) is 5.69. The maximum atomic E-state index is 12.0. The fourth-order valence-electron chi connectivity index (χ4n) is 2.33. The lowest BCUT2D eigenvalue weighted by atomic mass is 10.2. The fraction of sp³-hybridized carbons (Fsp3) is 0.467. The average Bonchev–Trinajstić information content (AvgIpc) is 2.98. The van der Waals surface area contributed by atoms with Crippen molar-refractivity contribution in [3.8, 4) is 0 Å². The molecular formula is C15H18N2O7. The minimum Gasteiger partial charge on any atom is -0.452 e. The van der Waals surface area contributed by atoms with E-state index >= 15 is 0 Å². The van der Waals surface area contributed by atoms with Crippen LogP contribution in [0.5, 0.6) is 0 Å². The zero-order valence-corrected chi connectivity index (χ0v) is 13.3. The molecule has 0 bridgehead atoms. The Morgan fingerprint density at radius 3 is 2.62 bits per heavy atom. The maximum absolute atomic E-state index is 12.0. The quantitative estimate of drug-likeness (QED) is 0.345. The maximum Gasteiger partial charge on any atom is 0.433 e. The zero-order chi connectivity index (χ0) is 17.7. The largest absolute Gasteiger partial charge is 0.452 e. The summed E-state index contributed by atoms with van der Waals surface area (Å²) < 4.78 is 15.3. The van der Waals surface area contributed by atoms with Gasteiger partial charge in [-0.05, 0) is 26.0 Å². The van der Waals surface area contributed by atoms with Gasteiger partial charge in [-0.1, -0.05) is 0 Å². The number of morpholine rings is 1. The summed E-state index contributed by atoms with van der Waals surface area (Å²) in [6, 6.07) is 2.53. The molecule has 0 unspecified atom stereocenters. The van der Waals surface area contributed by atoms with Gasteiger partial charge in [0.15, 0.2) is 6.61 Å². The van der Waals surface area contributed by atoms with Gasteiger partial charge in [-0.3, -0.25) is 14.9 Å². The van der Waals surface area contributed by atoms with Gasteiger partial charge in [-0.15, -0.1) is 0 Å². The van der Waals surface area contributed by atoms with Crippen LogP contribution in [0.1, 0.15) is 19.6 Å². The highest BCUT2D eigenvalue weighted by Crippen LogP contribution is 2.16. The number of nitro groups is 1. The van der Waals surface area contributed by atoms with E-state index in [1.54, 1.807) is 4.90 Å². The molecule has 0 N–H and O–H groups in total. The monoisotopic (exact) mass is 338 g/mol. The molecule has 1 fully saturated rings. The minimum absolute atomic E-state index is 0.0666. The number of hydrogen-bond donors (Lipinski definition) is 0. The molecule has 1 aliphatic heterocycles. The number of ether oxygens (including phenoxy) is 2. The number of esters is 1. The van der Waals surface area contributed by atoms with Gasteiger partial charge in [0.25, 0.3) is 5.91 Å². The predicted octanol–water partition coefficient (Wildman–Crippen LogP) is 1.38. The molecule has 1 amide bonds. The number of carbonyl (C=O) groups is 2. The summed E-state index contributed by atoms with van der Waals surface area (Å²) in [4.78, 5) is 35.0. The van der Waals surface area contributed by atoms with Crippen molar-refractivity contribution in [2.75, 3.05) is 19.7 Å². The van der Waals surface area contributed by atoms with Crippen molar-refractivity contribution in [3.05, 3.63) is 34.1 Å². The third-order valence-electron chi connectivity index (χ3n) is 3.29. The lowest BCUT2D eigenvalue weighted by Crippen LogP contribution is -2.49. The highest BCUT2D eigenvalue weighted by molar-refractivity contribution is 5.89. The van der Waals surface area contributed by atoms with E-state index in [9.17, 15) is 19.7 Å². The lowest BCUT2D eigenvalue weighted by molar-refractivity contribution is -0.402. The van der Waals surface area contributed by atoms with E-state index in [0.717, 1.165) is 6.08 Å².